The molecular weight excluding hydrogens is 366 g/mol. The molecule has 22 heavy (non-hydrogen) atoms. The maximum absolute atomic E-state index is 12.2. The number of carboxylic acid groups (broad SMARTS) is 1. The van der Waals surface area contributed by atoms with E-state index >= 15 is 0 Å². The molecule has 1 N–H and O–H groups in total. The normalized spacial score (nSPS) is 21.6. The molecule has 0 aromatic heterocycles. The molecule has 1 aliphatic rings. The van der Waals surface area contributed by atoms with Crippen molar-refractivity contribution in [2.24, 2.45) is 11.8 Å². The summed E-state index contributed by atoms with van der Waals surface area (Å²) in [6.07, 6.45) is 1.05. The van der Waals surface area contributed by atoms with Crippen molar-refractivity contribution in [1.82, 2.24) is 4.90 Å². The van der Waals surface area contributed by atoms with E-state index < -0.39 is 5.97 Å². The van der Waals surface area contributed by atoms with Crippen molar-refractivity contribution in [3.05, 3.63) is 28.7 Å². The SMILES string of the molecule is CC1CN(C(=O)CCSc2ccc(Br)cc2)CCC1C(=O)O. The fourth-order valence-corrected chi connectivity index (χ4v) is 3.79. The quantitative estimate of drug-likeness (QED) is 0.787. The average molecular weight is 386 g/mol. The van der Waals surface area contributed by atoms with Crippen molar-refractivity contribution in [2.75, 3.05) is 18.8 Å². The number of carboxylic acids is 1. The molecule has 0 aliphatic carbocycles. The first-order valence-corrected chi connectivity index (χ1v) is 9.14. The van der Waals surface area contributed by atoms with Gasteiger partial charge in [0.2, 0.25) is 5.91 Å². The lowest BCUT2D eigenvalue weighted by Gasteiger charge is -2.35. The Morgan fingerprint density at radius 3 is 2.64 bits per heavy atom. The Hall–Kier alpha value is -1.01. The van der Waals surface area contributed by atoms with Crippen molar-refractivity contribution < 1.29 is 14.7 Å². The highest BCUT2D eigenvalue weighted by Gasteiger charge is 2.32. The molecule has 1 heterocycles. The van der Waals surface area contributed by atoms with E-state index in [1.54, 1.807) is 11.8 Å². The first-order valence-electron chi connectivity index (χ1n) is 7.36. The Bertz CT molecular complexity index is 535. The van der Waals surface area contributed by atoms with Crippen molar-refractivity contribution in [3.8, 4) is 0 Å². The van der Waals surface area contributed by atoms with Crippen LogP contribution >= 0.6 is 27.7 Å². The van der Waals surface area contributed by atoms with Crippen molar-refractivity contribution in [1.29, 1.82) is 0 Å². The predicted octanol–water partition coefficient (Wildman–Crippen LogP) is 3.50. The van der Waals surface area contributed by atoms with Crippen molar-refractivity contribution in [2.45, 2.75) is 24.7 Å². The molecule has 1 fully saturated rings. The van der Waals surface area contributed by atoms with E-state index in [-0.39, 0.29) is 17.7 Å². The number of amides is 1. The van der Waals surface area contributed by atoms with Gasteiger partial charge in [0, 0.05) is 34.6 Å². The van der Waals surface area contributed by atoms with Crippen LogP contribution in [0.5, 0.6) is 0 Å². The van der Waals surface area contributed by atoms with Crippen LogP contribution in [0.2, 0.25) is 0 Å². The third-order valence-corrected chi connectivity index (χ3v) is 5.52. The van der Waals surface area contributed by atoms with Gasteiger partial charge in [-0.1, -0.05) is 22.9 Å². The molecular formula is C16H20BrNO3S. The Labute approximate surface area is 143 Å². The van der Waals surface area contributed by atoms with E-state index in [1.807, 2.05) is 36.1 Å². The molecule has 2 rings (SSSR count). The highest BCUT2D eigenvalue weighted by Crippen LogP contribution is 2.25. The molecule has 0 bridgehead atoms. The van der Waals surface area contributed by atoms with Crippen LogP contribution in [0.4, 0.5) is 0 Å². The summed E-state index contributed by atoms with van der Waals surface area (Å²) in [7, 11) is 0. The van der Waals surface area contributed by atoms with Gasteiger partial charge in [0.15, 0.2) is 0 Å². The van der Waals surface area contributed by atoms with Gasteiger partial charge in [0.05, 0.1) is 5.92 Å². The summed E-state index contributed by atoms with van der Waals surface area (Å²) in [5.41, 5.74) is 0. The van der Waals surface area contributed by atoms with Crippen LogP contribution in [0.1, 0.15) is 19.8 Å². The second-order valence-electron chi connectivity index (χ2n) is 5.60. The van der Waals surface area contributed by atoms with Gasteiger partial charge < -0.3 is 10.0 Å². The second kappa shape index (κ2) is 8.02. The number of aliphatic carboxylic acids is 1. The van der Waals surface area contributed by atoms with Gasteiger partial charge in [-0.2, -0.15) is 0 Å². The maximum Gasteiger partial charge on any atom is 0.306 e. The molecule has 0 radical (unpaired) electrons. The number of halogens is 1. The van der Waals surface area contributed by atoms with Gasteiger partial charge in [-0.3, -0.25) is 9.59 Å². The Morgan fingerprint density at radius 1 is 1.36 bits per heavy atom. The molecule has 2 unspecified atom stereocenters. The summed E-state index contributed by atoms with van der Waals surface area (Å²) in [5.74, 6) is -0.172. The summed E-state index contributed by atoms with van der Waals surface area (Å²) in [6.45, 7) is 3.02. The topological polar surface area (TPSA) is 57.6 Å². The van der Waals surface area contributed by atoms with Gasteiger partial charge in [-0.05, 0) is 36.6 Å². The zero-order chi connectivity index (χ0) is 16.1. The van der Waals surface area contributed by atoms with Crippen LogP contribution in [0, 0.1) is 11.8 Å². The summed E-state index contributed by atoms with van der Waals surface area (Å²) < 4.78 is 1.04. The molecule has 1 aliphatic heterocycles. The monoisotopic (exact) mass is 385 g/mol. The maximum atomic E-state index is 12.2. The molecule has 1 aromatic carbocycles. The highest BCUT2D eigenvalue weighted by atomic mass is 79.9. The molecule has 0 spiro atoms. The van der Waals surface area contributed by atoms with E-state index in [0.717, 1.165) is 15.1 Å². The molecule has 1 aromatic rings. The summed E-state index contributed by atoms with van der Waals surface area (Å²) in [4.78, 5) is 26.3. The Balaban J connectivity index is 1.76. The number of thioether (sulfide) groups is 1. The minimum atomic E-state index is -0.745. The van der Waals surface area contributed by atoms with Crippen molar-refractivity contribution >= 4 is 39.6 Å². The lowest BCUT2D eigenvalue weighted by atomic mass is 9.87. The third kappa shape index (κ3) is 4.74. The molecule has 6 heteroatoms. The van der Waals surface area contributed by atoms with Gasteiger partial charge in [0.25, 0.3) is 0 Å². The molecule has 120 valence electrons. The van der Waals surface area contributed by atoms with E-state index in [0.29, 0.717) is 25.9 Å². The van der Waals surface area contributed by atoms with E-state index in [9.17, 15) is 9.59 Å². The van der Waals surface area contributed by atoms with Gasteiger partial charge in [-0.25, -0.2) is 0 Å². The number of rotatable bonds is 5. The Morgan fingerprint density at radius 2 is 2.05 bits per heavy atom. The van der Waals surface area contributed by atoms with Gasteiger partial charge in [0.1, 0.15) is 0 Å². The van der Waals surface area contributed by atoms with Crippen LogP contribution in [-0.4, -0.2) is 40.7 Å². The van der Waals surface area contributed by atoms with Crippen LogP contribution in [-0.2, 0) is 9.59 Å². The number of likely N-dealkylation sites (tertiary alicyclic amines) is 1. The number of carbonyl (C=O) groups is 2. The lowest BCUT2D eigenvalue weighted by Crippen LogP contribution is -2.45. The van der Waals surface area contributed by atoms with Crippen molar-refractivity contribution in [3.63, 3.8) is 0 Å². The second-order valence-corrected chi connectivity index (χ2v) is 7.69. The van der Waals surface area contributed by atoms with Crippen LogP contribution < -0.4 is 0 Å². The molecule has 0 saturated carbocycles. The number of nitrogens with zero attached hydrogens (tertiary/aromatic N) is 1. The summed E-state index contributed by atoms with van der Waals surface area (Å²) in [5, 5.41) is 9.11. The summed E-state index contributed by atoms with van der Waals surface area (Å²) >= 11 is 5.06. The Kier molecular flexibility index (Phi) is 6.32. The van der Waals surface area contributed by atoms with E-state index in [4.69, 9.17) is 5.11 Å². The third-order valence-electron chi connectivity index (χ3n) is 3.97. The number of hydrogen-bond acceptors (Lipinski definition) is 3. The first-order chi connectivity index (χ1) is 10.5. The lowest BCUT2D eigenvalue weighted by molar-refractivity contribution is -0.148. The molecule has 4 nitrogen and oxygen atoms in total. The summed E-state index contributed by atoms with van der Waals surface area (Å²) in [6, 6.07) is 8.03. The largest absolute Gasteiger partial charge is 0.481 e. The zero-order valence-corrected chi connectivity index (χ0v) is 14.9. The predicted molar refractivity (Wildman–Crippen MR) is 91.0 cm³/mol. The zero-order valence-electron chi connectivity index (χ0n) is 12.5. The number of benzene rings is 1. The van der Waals surface area contributed by atoms with Gasteiger partial charge in [-0.15, -0.1) is 11.8 Å². The minimum absolute atomic E-state index is 0.0225. The highest BCUT2D eigenvalue weighted by molar-refractivity contribution is 9.10. The minimum Gasteiger partial charge on any atom is -0.481 e. The molecule has 2 atom stereocenters. The molecule has 1 saturated heterocycles. The smallest absolute Gasteiger partial charge is 0.306 e. The first kappa shape index (κ1) is 17.3. The average Bonchev–Trinajstić information content (AvgIpc) is 2.48. The van der Waals surface area contributed by atoms with Crippen LogP contribution in [0.25, 0.3) is 0 Å². The van der Waals surface area contributed by atoms with Gasteiger partial charge >= 0.3 is 5.97 Å². The van der Waals surface area contributed by atoms with Crippen LogP contribution in [0.15, 0.2) is 33.6 Å². The number of hydrogen-bond donors (Lipinski definition) is 1. The number of piperidine rings is 1. The van der Waals surface area contributed by atoms with E-state index in [1.165, 1.54) is 0 Å². The number of carbonyl (C=O) groups excluding carboxylic acids is 1. The van der Waals surface area contributed by atoms with E-state index in [2.05, 4.69) is 15.9 Å². The standard InChI is InChI=1S/C16H20BrNO3S/c1-11-10-18(8-6-14(11)16(20)21)15(19)7-9-22-13-4-2-12(17)3-5-13/h2-5,11,14H,6-10H2,1H3,(H,20,21). The molecule has 1 amide bonds. The fraction of sp³-hybridized carbons (Fsp3) is 0.500. The fourth-order valence-electron chi connectivity index (χ4n) is 2.68. The van der Waals surface area contributed by atoms with Crippen LogP contribution in [0.3, 0.4) is 0 Å².